The summed E-state index contributed by atoms with van der Waals surface area (Å²) < 4.78 is 21.5. The van der Waals surface area contributed by atoms with Gasteiger partial charge in [-0.3, -0.25) is 4.79 Å². The third-order valence-electron chi connectivity index (χ3n) is 3.73. The quantitative estimate of drug-likeness (QED) is 0.492. The summed E-state index contributed by atoms with van der Waals surface area (Å²) in [5.74, 6) is 2.26. The summed E-state index contributed by atoms with van der Waals surface area (Å²) in [5, 5.41) is 0. The van der Waals surface area contributed by atoms with Crippen LogP contribution in [0.3, 0.4) is 0 Å². The standard InChI is InChI=1S/C21H24O5/c1-5-12-26-17-9-7-16(8-10-17)18(22)11-6-15-13-19(23-2)21(25-4)20(14-15)24-3/h6-11,13-14H,5,12H2,1-4H3. The van der Waals surface area contributed by atoms with Gasteiger partial charge < -0.3 is 18.9 Å². The molecule has 26 heavy (non-hydrogen) atoms. The second kappa shape index (κ2) is 9.51. The van der Waals surface area contributed by atoms with Crippen LogP contribution >= 0.6 is 0 Å². The fraction of sp³-hybridized carbons (Fsp3) is 0.286. The maximum atomic E-state index is 12.4. The Kier molecular flexibility index (Phi) is 7.09. The van der Waals surface area contributed by atoms with Crippen molar-refractivity contribution in [3.8, 4) is 23.0 Å². The van der Waals surface area contributed by atoms with Crippen molar-refractivity contribution in [2.45, 2.75) is 13.3 Å². The highest BCUT2D eigenvalue weighted by Crippen LogP contribution is 2.38. The van der Waals surface area contributed by atoms with Crippen molar-refractivity contribution in [2.24, 2.45) is 0 Å². The van der Waals surface area contributed by atoms with Gasteiger partial charge in [-0.05, 0) is 54.5 Å². The zero-order valence-electron chi connectivity index (χ0n) is 15.6. The van der Waals surface area contributed by atoms with Crippen molar-refractivity contribution in [1.29, 1.82) is 0 Å². The van der Waals surface area contributed by atoms with Crippen molar-refractivity contribution in [3.63, 3.8) is 0 Å². The summed E-state index contributed by atoms with van der Waals surface area (Å²) in [7, 11) is 4.66. The molecule has 5 nitrogen and oxygen atoms in total. The van der Waals surface area contributed by atoms with E-state index in [0.717, 1.165) is 17.7 Å². The molecule has 0 aliphatic heterocycles. The van der Waals surface area contributed by atoms with Crippen LogP contribution in [0.25, 0.3) is 6.08 Å². The second-order valence-corrected chi connectivity index (χ2v) is 5.53. The molecule has 0 radical (unpaired) electrons. The molecule has 2 aromatic carbocycles. The number of hydrogen-bond donors (Lipinski definition) is 0. The smallest absolute Gasteiger partial charge is 0.203 e. The third kappa shape index (κ3) is 4.79. The van der Waals surface area contributed by atoms with Gasteiger partial charge in [-0.1, -0.05) is 13.0 Å². The average molecular weight is 356 g/mol. The number of allylic oxidation sites excluding steroid dienone is 1. The van der Waals surface area contributed by atoms with Gasteiger partial charge in [0.1, 0.15) is 5.75 Å². The molecule has 0 N–H and O–H groups in total. The van der Waals surface area contributed by atoms with Crippen LogP contribution in [0.1, 0.15) is 29.3 Å². The highest BCUT2D eigenvalue weighted by atomic mass is 16.5. The zero-order valence-corrected chi connectivity index (χ0v) is 15.6. The van der Waals surface area contributed by atoms with Gasteiger partial charge in [-0.25, -0.2) is 0 Å². The highest BCUT2D eigenvalue weighted by molar-refractivity contribution is 6.06. The predicted molar refractivity (Wildman–Crippen MR) is 102 cm³/mol. The number of rotatable bonds is 9. The molecule has 2 aromatic rings. The molecule has 0 unspecified atom stereocenters. The van der Waals surface area contributed by atoms with Crippen LogP contribution in [0.2, 0.25) is 0 Å². The van der Waals surface area contributed by atoms with Gasteiger partial charge in [-0.15, -0.1) is 0 Å². The molecule has 0 saturated heterocycles. The number of hydrogen-bond acceptors (Lipinski definition) is 5. The van der Waals surface area contributed by atoms with Gasteiger partial charge in [0.05, 0.1) is 27.9 Å². The number of ether oxygens (including phenoxy) is 4. The fourth-order valence-corrected chi connectivity index (χ4v) is 2.40. The minimum Gasteiger partial charge on any atom is -0.494 e. The molecule has 0 spiro atoms. The van der Waals surface area contributed by atoms with Crippen LogP contribution in [0.5, 0.6) is 23.0 Å². The minimum atomic E-state index is -0.0965. The maximum absolute atomic E-state index is 12.4. The second-order valence-electron chi connectivity index (χ2n) is 5.53. The Hall–Kier alpha value is -2.95. The first kappa shape index (κ1) is 19.4. The van der Waals surface area contributed by atoms with E-state index in [0.29, 0.717) is 29.4 Å². The first-order valence-corrected chi connectivity index (χ1v) is 8.38. The molecular weight excluding hydrogens is 332 g/mol. The lowest BCUT2D eigenvalue weighted by molar-refractivity contribution is 0.104. The average Bonchev–Trinajstić information content (AvgIpc) is 2.69. The summed E-state index contributed by atoms with van der Waals surface area (Å²) in [6.45, 7) is 2.71. The van der Waals surface area contributed by atoms with E-state index in [1.54, 1.807) is 63.8 Å². The van der Waals surface area contributed by atoms with Crippen LogP contribution in [0.15, 0.2) is 42.5 Å². The summed E-state index contributed by atoms with van der Waals surface area (Å²) in [5.41, 5.74) is 1.37. The van der Waals surface area contributed by atoms with Crippen LogP contribution in [-0.2, 0) is 0 Å². The molecule has 0 atom stereocenters. The molecule has 0 fully saturated rings. The fourth-order valence-electron chi connectivity index (χ4n) is 2.40. The molecule has 0 saturated carbocycles. The molecule has 0 aromatic heterocycles. The highest BCUT2D eigenvalue weighted by Gasteiger charge is 2.12. The Morgan fingerprint density at radius 3 is 2.08 bits per heavy atom. The number of carbonyl (C=O) groups excluding carboxylic acids is 1. The predicted octanol–water partition coefficient (Wildman–Crippen LogP) is 4.40. The van der Waals surface area contributed by atoms with E-state index in [1.807, 2.05) is 6.92 Å². The molecule has 0 amide bonds. The molecule has 0 aliphatic rings. The molecule has 0 heterocycles. The SMILES string of the molecule is CCCOc1ccc(C(=O)C=Cc2cc(OC)c(OC)c(OC)c2)cc1. The summed E-state index contributed by atoms with van der Waals surface area (Å²) in [6, 6.07) is 10.7. The monoisotopic (exact) mass is 356 g/mol. The van der Waals surface area contributed by atoms with Crippen LogP contribution in [-0.4, -0.2) is 33.7 Å². The van der Waals surface area contributed by atoms with Crippen molar-refractivity contribution >= 4 is 11.9 Å². The van der Waals surface area contributed by atoms with Crippen molar-refractivity contribution in [2.75, 3.05) is 27.9 Å². The van der Waals surface area contributed by atoms with Crippen molar-refractivity contribution in [3.05, 3.63) is 53.6 Å². The minimum absolute atomic E-state index is 0.0965. The van der Waals surface area contributed by atoms with Gasteiger partial charge >= 0.3 is 0 Å². The third-order valence-corrected chi connectivity index (χ3v) is 3.73. The molecule has 138 valence electrons. The molecule has 5 heteroatoms. The number of ketones is 1. The Labute approximate surface area is 154 Å². The topological polar surface area (TPSA) is 54.0 Å². The summed E-state index contributed by atoms with van der Waals surface area (Å²) in [4.78, 5) is 12.4. The van der Waals surface area contributed by atoms with Gasteiger partial charge in [-0.2, -0.15) is 0 Å². The van der Waals surface area contributed by atoms with E-state index < -0.39 is 0 Å². The van der Waals surface area contributed by atoms with Gasteiger partial charge in [0, 0.05) is 5.56 Å². The van der Waals surface area contributed by atoms with Gasteiger partial charge in [0.2, 0.25) is 5.75 Å². The van der Waals surface area contributed by atoms with E-state index >= 15 is 0 Å². The number of carbonyl (C=O) groups is 1. The van der Waals surface area contributed by atoms with E-state index in [1.165, 1.54) is 6.08 Å². The van der Waals surface area contributed by atoms with Gasteiger partial charge in [0.25, 0.3) is 0 Å². The molecule has 0 bridgehead atoms. The molecular formula is C21H24O5. The summed E-state index contributed by atoms with van der Waals surface area (Å²) in [6.07, 6.45) is 4.18. The Balaban J connectivity index is 2.17. The zero-order chi connectivity index (χ0) is 18.9. The van der Waals surface area contributed by atoms with Crippen molar-refractivity contribution < 1.29 is 23.7 Å². The Morgan fingerprint density at radius 2 is 1.58 bits per heavy atom. The van der Waals surface area contributed by atoms with E-state index in [-0.39, 0.29) is 5.78 Å². The van der Waals surface area contributed by atoms with E-state index in [2.05, 4.69) is 0 Å². The number of benzene rings is 2. The van der Waals surface area contributed by atoms with Gasteiger partial charge in [0.15, 0.2) is 17.3 Å². The molecule has 2 rings (SSSR count). The lowest BCUT2D eigenvalue weighted by Crippen LogP contribution is -1.97. The Bertz CT molecular complexity index is 737. The lowest BCUT2D eigenvalue weighted by atomic mass is 10.1. The Morgan fingerprint density at radius 1 is 0.962 bits per heavy atom. The van der Waals surface area contributed by atoms with Crippen LogP contribution in [0, 0.1) is 0 Å². The first-order valence-electron chi connectivity index (χ1n) is 8.38. The normalized spacial score (nSPS) is 10.6. The molecule has 0 aliphatic carbocycles. The van der Waals surface area contributed by atoms with Crippen LogP contribution < -0.4 is 18.9 Å². The largest absolute Gasteiger partial charge is 0.494 e. The lowest BCUT2D eigenvalue weighted by Gasteiger charge is -2.12. The number of methoxy groups -OCH3 is 3. The van der Waals surface area contributed by atoms with Crippen molar-refractivity contribution in [1.82, 2.24) is 0 Å². The summed E-state index contributed by atoms with van der Waals surface area (Å²) >= 11 is 0. The first-order chi connectivity index (χ1) is 12.6. The van der Waals surface area contributed by atoms with E-state index in [9.17, 15) is 4.79 Å². The maximum Gasteiger partial charge on any atom is 0.203 e. The van der Waals surface area contributed by atoms with E-state index in [4.69, 9.17) is 18.9 Å². The van der Waals surface area contributed by atoms with Crippen LogP contribution in [0.4, 0.5) is 0 Å².